The van der Waals surface area contributed by atoms with Gasteiger partial charge in [0, 0.05) is 31.4 Å². The number of pyridine rings is 1. The largest absolute Gasteiger partial charge is 0.394 e. The molecule has 1 aromatic heterocycles. The third kappa shape index (κ3) is 4.46. The van der Waals surface area contributed by atoms with Crippen LogP contribution in [0.3, 0.4) is 0 Å². The Morgan fingerprint density at radius 1 is 1.59 bits per heavy atom. The zero-order chi connectivity index (χ0) is 12.7. The Balaban J connectivity index is 2.46. The zero-order valence-corrected chi connectivity index (χ0v) is 9.60. The van der Waals surface area contributed by atoms with E-state index in [4.69, 9.17) is 9.84 Å². The Hall–Kier alpha value is -1.53. The fourth-order valence-corrected chi connectivity index (χ4v) is 1.23. The van der Waals surface area contributed by atoms with E-state index in [-0.39, 0.29) is 24.7 Å². The first kappa shape index (κ1) is 13.5. The van der Waals surface area contributed by atoms with Crippen molar-refractivity contribution >= 4 is 5.91 Å². The number of amides is 1. The van der Waals surface area contributed by atoms with Gasteiger partial charge in [-0.1, -0.05) is 0 Å². The molecule has 0 spiro atoms. The molecule has 0 aliphatic carbocycles. The van der Waals surface area contributed by atoms with Crippen LogP contribution in [-0.4, -0.2) is 54.3 Å². The number of aliphatic hydroxyl groups is 1. The van der Waals surface area contributed by atoms with E-state index in [0.717, 1.165) is 6.07 Å². The lowest BCUT2D eigenvalue weighted by atomic mass is 10.2. The van der Waals surface area contributed by atoms with Crippen molar-refractivity contribution in [1.29, 1.82) is 0 Å². The maximum absolute atomic E-state index is 12.8. The summed E-state index contributed by atoms with van der Waals surface area (Å²) in [7, 11) is 1.60. The summed E-state index contributed by atoms with van der Waals surface area (Å²) < 4.78 is 17.8. The van der Waals surface area contributed by atoms with Gasteiger partial charge < -0.3 is 14.7 Å². The van der Waals surface area contributed by atoms with Crippen LogP contribution in [-0.2, 0) is 4.74 Å². The van der Waals surface area contributed by atoms with Gasteiger partial charge in [0.15, 0.2) is 0 Å². The minimum atomic E-state index is -0.680. The number of hydrogen-bond donors (Lipinski definition) is 1. The lowest BCUT2D eigenvalue weighted by molar-refractivity contribution is 0.0618. The van der Waals surface area contributed by atoms with Crippen LogP contribution in [0.1, 0.15) is 10.4 Å². The van der Waals surface area contributed by atoms with Gasteiger partial charge in [0.2, 0.25) is 5.95 Å². The van der Waals surface area contributed by atoms with E-state index in [1.807, 2.05) is 0 Å². The summed E-state index contributed by atoms with van der Waals surface area (Å²) in [6, 6.07) is 2.55. The van der Waals surface area contributed by atoms with E-state index in [1.54, 1.807) is 7.05 Å². The van der Waals surface area contributed by atoms with E-state index in [9.17, 15) is 9.18 Å². The van der Waals surface area contributed by atoms with Gasteiger partial charge in [-0.15, -0.1) is 0 Å². The number of halogens is 1. The van der Waals surface area contributed by atoms with Gasteiger partial charge in [-0.25, -0.2) is 4.98 Å². The molecule has 0 atom stereocenters. The number of aromatic nitrogens is 1. The molecule has 1 aromatic rings. The second-order valence-electron chi connectivity index (χ2n) is 3.43. The van der Waals surface area contributed by atoms with Gasteiger partial charge in [0.1, 0.15) is 0 Å². The standard InChI is InChI=1S/C11H15FN2O3/c1-14(4-6-17-7-5-15)11(16)9-2-3-13-10(12)8-9/h2-3,8,15H,4-7H2,1H3. The third-order valence-corrected chi connectivity index (χ3v) is 2.13. The van der Waals surface area contributed by atoms with Crippen molar-refractivity contribution in [2.24, 2.45) is 0 Å². The molecule has 0 saturated carbocycles. The molecular weight excluding hydrogens is 227 g/mol. The SMILES string of the molecule is CN(CCOCCO)C(=O)c1ccnc(F)c1. The molecule has 0 saturated heterocycles. The summed E-state index contributed by atoms with van der Waals surface area (Å²) in [6.45, 7) is 0.901. The van der Waals surface area contributed by atoms with Gasteiger partial charge in [0.25, 0.3) is 5.91 Å². The molecule has 0 aliphatic rings. The monoisotopic (exact) mass is 242 g/mol. The highest BCUT2D eigenvalue weighted by Crippen LogP contribution is 2.04. The average molecular weight is 242 g/mol. The van der Waals surface area contributed by atoms with Gasteiger partial charge in [-0.3, -0.25) is 4.79 Å². The van der Waals surface area contributed by atoms with Crippen molar-refractivity contribution in [3.63, 3.8) is 0 Å². The Labute approximate surface area is 98.8 Å². The second-order valence-corrected chi connectivity index (χ2v) is 3.43. The molecule has 0 aromatic carbocycles. The summed E-state index contributed by atoms with van der Waals surface area (Å²) in [5.74, 6) is -0.973. The number of aliphatic hydroxyl groups excluding tert-OH is 1. The summed E-state index contributed by atoms with van der Waals surface area (Å²) in [5, 5.41) is 8.50. The number of hydrogen-bond acceptors (Lipinski definition) is 4. The van der Waals surface area contributed by atoms with E-state index >= 15 is 0 Å². The van der Waals surface area contributed by atoms with E-state index < -0.39 is 5.95 Å². The quantitative estimate of drug-likeness (QED) is 0.575. The molecule has 6 heteroatoms. The second kappa shape index (κ2) is 6.93. The van der Waals surface area contributed by atoms with Crippen LogP contribution in [0, 0.1) is 5.95 Å². The van der Waals surface area contributed by atoms with Crippen molar-refractivity contribution in [3.8, 4) is 0 Å². The predicted octanol–water partition coefficient (Wildman–Crippen LogP) is 0.302. The molecule has 94 valence electrons. The molecule has 0 radical (unpaired) electrons. The molecule has 0 aliphatic heterocycles. The molecule has 0 bridgehead atoms. The van der Waals surface area contributed by atoms with Crippen LogP contribution in [0.15, 0.2) is 18.3 Å². The summed E-state index contributed by atoms with van der Waals surface area (Å²) in [6.07, 6.45) is 1.25. The van der Waals surface area contributed by atoms with Crippen molar-refractivity contribution < 1.29 is 19.0 Å². The Bertz CT molecular complexity index is 373. The summed E-state index contributed by atoms with van der Waals surface area (Å²) in [5.41, 5.74) is 0.252. The Morgan fingerprint density at radius 3 is 3.00 bits per heavy atom. The van der Waals surface area contributed by atoms with Gasteiger partial charge in [0.05, 0.1) is 19.8 Å². The molecule has 0 fully saturated rings. The molecule has 1 heterocycles. The average Bonchev–Trinajstić information content (AvgIpc) is 2.33. The lowest BCUT2D eigenvalue weighted by Gasteiger charge is -2.16. The molecular formula is C11H15FN2O3. The van der Waals surface area contributed by atoms with E-state index in [0.29, 0.717) is 13.2 Å². The van der Waals surface area contributed by atoms with Gasteiger partial charge >= 0.3 is 0 Å². The molecule has 1 amide bonds. The van der Waals surface area contributed by atoms with Crippen LogP contribution in [0.2, 0.25) is 0 Å². The maximum Gasteiger partial charge on any atom is 0.253 e. The number of carbonyl (C=O) groups is 1. The Kier molecular flexibility index (Phi) is 5.51. The minimum Gasteiger partial charge on any atom is -0.394 e. The number of nitrogens with zero attached hydrogens (tertiary/aromatic N) is 2. The first-order chi connectivity index (χ1) is 8.15. The Morgan fingerprint density at radius 2 is 2.35 bits per heavy atom. The highest BCUT2D eigenvalue weighted by atomic mass is 19.1. The van der Waals surface area contributed by atoms with E-state index in [2.05, 4.69) is 4.98 Å². The minimum absolute atomic E-state index is 0.0484. The maximum atomic E-state index is 12.8. The van der Waals surface area contributed by atoms with Crippen molar-refractivity contribution in [3.05, 3.63) is 29.8 Å². The first-order valence-electron chi connectivity index (χ1n) is 5.20. The third-order valence-electron chi connectivity index (χ3n) is 2.13. The van der Waals surface area contributed by atoms with Crippen LogP contribution < -0.4 is 0 Å². The van der Waals surface area contributed by atoms with Crippen LogP contribution in [0.4, 0.5) is 4.39 Å². The molecule has 5 nitrogen and oxygen atoms in total. The topological polar surface area (TPSA) is 62.7 Å². The van der Waals surface area contributed by atoms with Crippen molar-refractivity contribution in [1.82, 2.24) is 9.88 Å². The van der Waals surface area contributed by atoms with Crippen molar-refractivity contribution in [2.45, 2.75) is 0 Å². The summed E-state index contributed by atoms with van der Waals surface area (Å²) >= 11 is 0. The zero-order valence-electron chi connectivity index (χ0n) is 9.60. The molecule has 1 rings (SSSR count). The number of likely N-dealkylation sites (N-methyl/N-ethyl adjacent to an activating group) is 1. The first-order valence-corrected chi connectivity index (χ1v) is 5.20. The smallest absolute Gasteiger partial charge is 0.253 e. The highest BCUT2D eigenvalue weighted by molar-refractivity contribution is 5.93. The fraction of sp³-hybridized carbons (Fsp3) is 0.455. The fourth-order valence-electron chi connectivity index (χ4n) is 1.23. The lowest BCUT2D eigenvalue weighted by Crippen LogP contribution is -2.30. The van der Waals surface area contributed by atoms with Crippen LogP contribution >= 0.6 is 0 Å². The van der Waals surface area contributed by atoms with Gasteiger partial charge in [-0.2, -0.15) is 4.39 Å². The van der Waals surface area contributed by atoms with Gasteiger partial charge in [-0.05, 0) is 6.07 Å². The number of ether oxygens (including phenoxy) is 1. The van der Waals surface area contributed by atoms with Crippen molar-refractivity contribution in [2.75, 3.05) is 33.4 Å². The van der Waals surface area contributed by atoms with Crippen LogP contribution in [0.5, 0.6) is 0 Å². The summed E-state index contributed by atoms with van der Waals surface area (Å²) in [4.78, 5) is 16.6. The van der Waals surface area contributed by atoms with E-state index in [1.165, 1.54) is 17.2 Å². The number of rotatable bonds is 6. The predicted molar refractivity (Wildman–Crippen MR) is 59.1 cm³/mol. The molecule has 1 N–H and O–H groups in total. The number of carbonyl (C=O) groups excluding carboxylic acids is 1. The van der Waals surface area contributed by atoms with Crippen LogP contribution in [0.25, 0.3) is 0 Å². The molecule has 0 unspecified atom stereocenters. The normalized spacial score (nSPS) is 10.3. The molecule has 17 heavy (non-hydrogen) atoms. The highest BCUT2D eigenvalue weighted by Gasteiger charge is 2.12.